The Morgan fingerprint density at radius 1 is 1.14 bits per heavy atom. The van der Waals surface area contributed by atoms with Crippen LogP contribution in [0.5, 0.6) is 17.4 Å². The first kappa shape index (κ1) is 26.8. The Hall–Kier alpha value is -3.81. The third kappa shape index (κ3) is 5.87. The highest BCUT2D eigenvalue weighted by Gasteiger charge is 2.38. The van der Waals surface area contributed by atoms with Crippen molar-refractivity contribution in [2.45, 2.75) is 24.9 Å². The quantitative estimate of drug-likeness (QED) is 0.387. The number of hydrogen-bond donors (Lipinski definition) is 2. The van der Waals surface area contributed by atoms with Crippen LogP contribution in [0.3, 0.4) is 0 Å². The Kier molecular flexibility index (Phi) is 7.48. The molecule has 0 radical (unpaired) electrons. The Labute approximate surface area is 202 Å². The van der Waals surface area contributed by atoms with Crippen LogP contribution in [0.25, 0.3) is 0 Å². The van der Waals surface area contributed by atoms with Crippen LogP contribution >= 0.6 is 0 Å². The Bertz CT molecular complexity index is 1410. The van der Waals surface area contributed by atoms with E-state index >= 15 is 0 Å². The van der Waals surface area contributed by atoms with Gasteiger partial charge in [0.15, 0.2) is 23.1 Å². The van der Waals surface area contributed by atoms with E-state index in [9.17, 15) is 31.0 Å². The van der Waals surface area contributed by atoms with Crippen molar-refractivity contribution in [3.8, 4) is 17.4 Å². The highest BCUT2D eigenvalue weighted by Crippen LogP contribution is 2.36. The molecule has 0 aliphatic rings. The number of aromatic nitrogens is 2. The van der Waals surface area contributed by atoms with Crippen LogP contribution in [0, 0.1) is 23.3 Å². The third-order valence-corrected chi connectivity index (χ3v) is 5.85. The van der Waals surface area contributed by atoms with E-state index in [1.807, 2.05) is 0 Å². The number of ether oxygens (including phenoxy) is 2. The van der Waals surface area contributed by atoms with Gasteiger partial charge in [0.05, 0.1) is 16.3 Å². The number of amides is 1. The molecular weight excluding hydrogens is 511 g/mol. The minimum absolute atomic E-state index is 0.0215. The number of benzene rings is 2. The molecule has 0 saturated heterocycles. The predicted octanol–water partition coefficient (Wildman–Crippen LogP) is 5.56. The van der Waals surface area contributed by atoms with E-state index in [-0.39, 0.29) is 17.2 Å². The molecule has 1 amide bonds. The molecule has 2 aromatic carbocycles. The summed E-state index contributed by atoms with van der Waals surface area (Å²) in [6.07, 6.45) is -3.82. The van der Waals surface area contributed by atoms with E-state index in [0.29, 0.717) is 12.1 Å². The van der Waals surface area contributed by atoms with Crippen LogP contribution < -0.4 is 14.8 Å². The van der Waals surface area contributed by atoms with Gasteiger partial charge in [0, 0.05) is 29.0 Å². The number of nitrogens with zero attached hydrogens (tertiary/aromatic N) is 2. The second-order valence-electron chi connectivity index (χ2n) is 7.43. The fourth-order valence-corrected chi connectivity index (χ4v) is 3.80. The number of halogens is 5. The van der Waals surface area contributed by atoms with Crippen molar-refractivity contribution in [1.82, 2.24) is 10.2 Å². The van der Waals surface area contributed by atoms with Crippen LogP contribution in [-0.4, -0.2) is 33.2 Å². The average molecular weight is 530 g/mol. The first-order valence-corrected chi connectivity index (χ1v) is 12.1. The molecule has 0 fully saturated rings. The van der Waals surface area contributed by atoms with Gasteiger partial charge in [-0.15, -0.1) is 10.2 Å². The molecule has 1 heterocycles. The molecule has 0 bridgehead atoms. The van der Waals surface area contributed by atoms with Crippen LogP contribution in [-0.2, 0) is 15.9 Å². The van der Waals surface area contributed by atoms with E-state index < -0.39 is 67.6 Å². The smallest absolute Gasteiger partial charge is 0.435 e. The zero-order chi connectivity index (χ0) is 26.8. The summed E-state index contributed by atoms with van der Waals surface area (Å²) in [7, 11) is -3.15. The van der Waals surface area contributed by atoms with Gasteiger partial charge in [-0.2, -0.15) is 13.2 Å². The van der Waals surface area contributed by atoms with E-state index in [1.165, 1.54) is 31.2 Å². The zero-order valence-electron chi connectivity index (χ0n) is 19.0. The van der Waals surface area contributed by atoms with E-state index in [0.717, 1.165) is 13.2 Å². The molecule has 3 rings (SSSR count). The summed E-state index contributed by atoms with van der Waals surface area (Å²) >= 11 is 0. The number of hydrogen-bond acceptors (Lipinski definition) is 7. The molecule has 0 saturated carbocycles. The third-order valence-electron chi connectivity index (χ3n) is 4.70. The average Bonchev–Trinajstić information content (AvgIpc) is 2.75. The minimum atomic E-state index is -4.97. The Morgan fingerprint density at radius 3 is 2.33 bits per heavy atom. The molecule has 0 aliphatic heterocycles. The van der Waals surface area contributed by atoms with Crippen molar-refractivity contribution in [3.63, 3.8) is 0 Å². The number of carbonyl (C=O) groups excluding carboxylic acids is 1. The van der Waals surface area contributed by atoms with Crippen molar-refractivity contribution in [2.24, 2.45) is 0 Å². The summed E-state index contributed by atoms with van der Waals surface area (Å²) in [5.74, 6) is -5.37. The summed E-state index contributed by atoms with van der Waals surface area (Å²) in [6.45, 7) is 2.43. The standard InChI is InChI=1S/C22H19F5N4O4S/c1-4-34-18-15(23)9-13(10-16(18)24)35-21-17(11(2)19(30-31-21)22(25,26)27)20(32)29-12-6-5-7-14(8-12)36(3,28)33/h5-10,28H,4H2,1-3H3,(H,29,32). The van der Waals surface area contributed by atoms with Crippen LogP contribution in [0.2, 0.25) is 0 Å². The number of rotatable bonds is 7. The van der Waals surface area contributed by atoms with Crippen molar-refractivity contribution in [3.05, 3.63) is 64.9 Å². The van der Waals surface area contributed by atoms with Gasteiger partial charge in [-0.1, -0.05) is 6.07 Å². The number of carbonyl (C=O) groups is 1. The molecule has 3 aromatic rings. The van der Waals surface area contributed by atoms with Gasteiger partial charge < -0.3 is 14.8 Å². The second-order valence-corrected chi connectivity index (χ2v) is 9.59. The first-order valence-electron chi connectivity index (χ1n) is 10.1. The summed E-state index contributed by atoms with van der Waals surface area (Å²) in [6, 6.07) is 6.78. The monoisotopic (exact) mass is 530 g/mol. The number of anilines is 1. The minimum Gasteiger partial charge on any atom is -0.488 e. The summed E-state index contributed by atoms with van der Waals surface area (Å²) in [5.41, 5.74) is -2.82. The van der Waals surface area contributed by atoms with Crippen molar-refractivity contribution in [1.29, 1.82) is 4.78 Å². The Balaban J connectivity index is 2.07. The number of alkyl halides is 3. The van der Waals surface area contributed by atoms with Gasteiger partial charge in [0.25, 0.3) is 11.8 Å². The van der Waals surface area contributed by atoms with Gasteiger partial charge in [-0.05, 0) is 37.6 Å². The van der Waals surface area contributed by atoms with E-state index in [2.05, 4.69) is 15.5 Å². The highest BCUT2D eigenvalue weighted by molar-refractivity contribution is 7.91. The van der Waals surface area contributed by atoms with E-state index in [1.54, 1.807) is 0 Å². The SMILES string of the molecule is CCOc1c(F)cc(Oc2nnc(C(F)(F)F)c(C)c2C(=O)Nc2cccc(S(C)(=N)=O)c2)cc1F. The van der Waals surface area contributed by atoms with Crippen molar-refractivity contribution >= 4 is 21.3 Å². The van der Waals surface area contributed by atoms with Crippen LogP contribution in [0.4, 0.5) is 27.6 Å². The first-order chi connectivity index (χ1) is 16.7. The topological polar surface area (TPSA) is 114 Å². The molecule has 8 nitrogen and oxygen atoms in total. The molecule has 192 valence electrons. The van der Waals surface area contributed by atoms with Crippen LogP contribution in [0.1, 0.15) is 28.5 Å². The highest BCUT2D eigenvalue weighted by atomic mass is 32.2. The molecule has 36 heavy (non-hydrogen) atoms. The lowest BCUT2D eigenvalue weighted by Crippen LogP contribution is -2.21. The molecule has 1 aromatic heterocycles. The molecule has 0 spiro atoms. The second kappa shape index (κ2) is 10.0. The van der Waals surface area contributed by atoms with Crippen molar-refractivity contribution in [2.75, 3.05) is 18.2 Å². The molecule has 1 atom stereocenters. The fourth-order valence-electron chi connectivity index (χ4n) is 3.11. The fraction of sp³-hybridized carbons (Fsp3) is 0.227. The lowest BCUT2D eigenvalue weighted by molar-refractivity contribution is -0.142. The van der Waals surface area contributed by atoms with Crippen LogP contribution in [0.15, 0.2) is 41.3 Å². The molecule has 14 heteroatoms. The van der Waals surface area contributed by atoms with Gasteiger partial charge in [-0.25, -0.2) is 17.8 Å². The summed E-state index contributed by atoms with van der Waals surface area (Å²) < 4.78 is 98.6. The maximum atomic E-state index is 14.2. The predicted molar refractivity (Wildman–Crippen MR) is 119 cm³/mol. The van der Waals surface area contributed by atoms with Gasteiger partial charge in [-0.3, -0.25) is 4.79 Å². The lowest BCUT2D eigenvalue weighted by Gasteiger charge is -2.16. The van der Waals surface area contributed by atoms with Crippen molar-refractivity contribution < 1.29 is 40.4 Å². The Morgan fingerprint density at radius 2 is 1.78 bits per heavy atom. The molecule has 0 aliphatic carbocycles. The molecular formula is C22H19F5N4O4S. The van der Waals surface area contributed by atoms with E-state index in [4.69, 9.17) is 14.3 Å². The number of nitrogens with one attached hydrogen (secondary N) is 2. The maximum absolute atomic E-state index is 14.2. The van der Waals surface area contributed by atoms with Gasteiger partial charge >= 0.3 is 6.18 Å². The summed E-state index contributed by atoms with van der Waals surface area (Å²) in [4.78, 5) is 13.1. The van der Waals surface area contributed by atoms with Gasteiger partial charge in [0.2, 0.25) is 0 Å². The largest absolute Gasteiger partial charge is 0.488 e. The lowest BCUT2D eigenvalue weighted by atomic mass is 10.1. The summed E-state index contributed by atoms with van der Waals surface area (Å²) in [5, 5.41) is 8.75. The normalized spacial score (nSPS) is 13.1. The molecule has 2 N–H and O–H groups in total. The zero-order valence-corrected chi connectivity index (χ0v) is 19.8. The molecule has 1 unspecified atom stereocenters. The van der Waals surface area contributed by atoms with Gasteiger partial charge in [0.1, 0.15) is 11.3 Å². The maximum Gasteiger partial charge on any atom is 0.435 e.